The summed E-state index contributed by atoms with van der Waals surface area (Å²) >= 11 is 6.07. The van der Waals surface area contributed by atoms with E-state index >= 15 is 0 Å². The minimum Gasteiger partial charge on any atom is -0.478 e. The van der Waals surface area contributed by atoms with Crippen LogP contribution in [0.2, 0.25) is 5.02 Å². The Hall–Kier alpha value is -1.81. The number of benzene rings is 1. The van der Waals surface area contributed by atoms with Gasteiger partial charge in [0.05, 0.1) is 28.5 Å². The van der Waals surface area contributed by atoms with E-state index in [1.807, 2.05) is 19.9 Å². The number of nitrogens with zero attached hydrogens (tertiary/aromatic N) is 2. The molecule has 1 aromatic heterocycles. The fourth-order valence-corrected chi connectivity index (χ4v) is 1.94. The normalized spacial score (nSPS) is 10.6. The summed E-state index contributed by atoms with van der Waals surface area (Å²) in [6.07, 6.45) is 0. The Morgan fingerprint density at radius 1 is 1.44 bits per heavy atom. The molecule has 1 heterocycles. The first kappa shape index (κ1) is 12.6. The van der Waals surface area contributed by atoms with Crippen LogP contribution in [-0.4, -0.2) is 20.9 Å². The van der Waals surface area contributed by atoms with Crippen molar-refractivity contribution in [2.45, 2.75) is 20.4 Å². The summed E-state index contributed by atoms with van der Waals surface area (Å²) in [5.41, 5.74) is 2.83. The Bertz CT molecular complexity index is 605. The number of carboxylic acids is 1. The molecule has 0 saturated carbocycles. The quantitative estimate of drug-likeness (QED) is 0.927. The zero-order valence-corrected chi connectivity index (χ0v) is 10.9. The Morgan fingerprint density at radius 3 is 2.72 bits per heavy atom. The van der Waals surface area contributed by atoms with Gasteiger partial charge in [0, 0.05) is 0 Å². The maximum absolute atomic E-state index is 10.9. The first-order chi connectivity index (χ1) is 8.49. The first-order valence-electron chi connectivity index (χ1n) is 5.51. The van der Waals surface area contributed by atoms with Gasteiger partial charge in [-0.05, 0) is 31.5 Å². The number of aromatic nitrogens is 2. The highest BCUT2D eigenvalue weighted by Gasteiger charge is 2.10. The summed E-state index contributed by atoms with van der Waals surface area (Å²) in [5.74, 6) is -0.928. The van der Waals surface area contributed by atoms with E-state index in [2.05, 4.69) is 5.10 Å². The SMILES string of the molecule is Cc1nn(Cc2cccc(C(=O)O)c2)c(C)c1Cl. The monoisotopic (exact) mass is 264 g/mol. The molecule has 0 bridgehead atoms. The minimum atomic E-state index is -0.928. The van der Waals surface area contributed by atoms with Gasteiger partial charge in [-0.2, -0.15) is 5.10 Å². The van der Waals surface area contributed by atoms with Gasteiger partial charge >= 0.3 is 5.97 Å². The van der Waals surface area contributed by atoms with Crippen LogP contribution in [0.15, 0.2) is 24.3 Å². The smallest absolute Gasteiger partial charge is 0.335 e. The van der Waals surface area contributed by atoms with Gasteiger partial charge in [-0.25, -0.2) is 4.79 Å². The molecule has 0 radical (unpaired) electrons. The largest absolute Gasteiger partial charge is 0.478 e. The third kappa shape index (κ3) is 2.38. The number of hydrogen-bond donors (Lipinski definition) is 1. The van der Waals surface area contributed by atoms with Crippen LogP contribution >= 0.6 is 11.6 Å². The molecule has 4 nitrogen and oxygen atoms in total. The van der Waals surface area contributed by atoms with E-state index in [1.165, 1.54) is 0 Å². The zero-order chi connectivity index (χ0) is 13.3. The van der Waals surface area contributed by atoms with Gasteiger partial charge < -0.3 is 5.11 Å². The Morgan fingerprint density at radius 2 is 2.17 bits per heavy atom. The van der Waals surface area contributed by atoms with Crippen LogP contribution in [-0.2, 0) is 6.54 Å². The lowest BCUT2D eigenvalue weighted by molar-refractivity contribution is 0.0696. The van der Waals surface area contributed by atoms with Crippen molar-refractivity contribution >= 4 is 17.6 Å². The van der Waals surface area contributed by atoms with Crippen LogP contribution in [0.3, 0.4) is 0 Å². The van der Waals surface area contributed by atoms with Crippen molar-refractivity contribution in [1.29, 1.82) is 0 Å². The Labute approximate surface area is 110 Å². The second-order valence-corrected chi connectivity index (χ2v) is 4.53. The van der Waals surface area contributed by atoms with Crippen LogP contribution < -0.4 is 0 Å². The van der Waals surface area contributed by atoms with Crippen molar-refractivity contribution in [2.75, 3.05) is 0 Å². The summed E-state index contributed by atoms with van der Waals surface area (Å²) < 4.78 is 1.78. The molecule has 2 rings (SSSR count). The molecule has 2 aromatic rings. The van der Waals surface area contributed by atoms with Crippen LogP contribution in [0.1, 0.15) is 27.3 Å². The van der Waals surface area contributed by atoms with Crippen LogP contribution in [0.5, 0.6) is 0 Å². The molecule has 94 valence electrons. The first-order valence-corrected chi connectivity index (χ1v) is 5.88. The fourth-order valence-electron chi connectivity index (χ4n) is 1.80. The van der Waals surface area contributed by atoms with Crippen LogP contribution in [0, 0.1) is 13.8 Å². The standard InChI is InChI=1S/C13H13ClN2O2/c1-8-12(14)9(2)16(15-8)7-10-4-3-5-11(6-10)13(17)18/h3-6H,7H2,1-2H3,(H,17,18). The molecular formula is C13H13ClN2O2. The van der Waals surface area contributed by atoms with Gasteiger partial charge in [0.15, 0.2) is 0 Å². The lowest BCUT2D eigenvalue weighted by Gasteiger charge is -2.05. The fraction of sp³-hybridized carbons (Fsp3) is 0.231. The molecule has 0 aliphatic carbocycles. The average molecular weight is 265 g/mol. The van der Waals surface area contributed by atoms with E-state index in [-0.39, 0.29) is 5.56 Å². The molecule has 18 heavy (non-hydrogen) atoms. The lowest BCUT2D eigenvalue weighted by atomic mass is 10.1. The molecule has 0 unspecified atom stereocenters. The van der Waals surface area contributed by atoms with Gasteiger partial charge in [0.1, 0.15) is 0 Å². The molecule has 0 aliphatic heterocycles. The van der Waals surface area contributed by atoms with Crippen molar-refractivity contribution in [3.63, 3.8) is 0 Å². The second kappa shape index (κ2) is 4.82. The molecular weight excluding hydrogens is 252 g/mol. The van der Waals surface area contributed by atoms with E-state index in [0.717, 1.165) is 17.0 Å². The Balaban J connectivity index is 2.31. The number of aromatic carboxylic acids is 1. The molecule has 5 heteroatoms. The molecule has 0 aliphatic rings. The highest BCUT2D eigenvalue weighted by molar-refractivity contribution is 6.31. The van der Waals surface area contributed by atoms with Crippen molar-refractivity contribution in [2.24, 2.45) is 0 Å². The molecule has 0 fully saturated rings. The summed E-state index contributed by atoms with van der Waals surface area (Å²) in [6.45, 7) is 4.25. The average Bonchev–Trinajstić information content (AvgIpc) is 2.57. The van der Waals surface area contributed by atoms with E-state index < -0.39 is 5.97 Å². The van der Waals surface area contributed by atoms with Crippen molar-refractivity contribution in [3.8, 4) is 0 Å². The highest BCUT2D eigenvalue weighted by atomic mass is 35.5. The molecule has 1 aromatic carbocycles. The molecule has 0 saturated heterocycles. The molecule has 0 amide bonds. The van der Waals surface area contributed by atoms with Crippen molar-refractivity contribution in [1.82, 2.24) is 9.78 Å². The van der Waals surface area contributed by atoms with Gasteiger partial charge in [-0.15, -0.1) is 0 Å². The number of halogens is 1. The highest BCUT2D eigenvalue weighted by Crippen LogP contribution is 2.20. The molecule has 0 atom stereocenters. The number of hydrogen-bond acceptors (Lipinski definition) is 2. The van der Waals surface area contributed by atoms with Crippen molar-refractivity contribution in [3.05, 3.63) is 51.8 Å². The van der Waals surface area contributed by atoms with E-state index in [1.54, 1.807) is 22.9 Å². The summed E-state index contributed by atoms with van der Waals surface area (Å²) in [4.78, 5) is 10.9. The number of rotatable bonds is 3. The van der Waals surface area contributed by atoms with E-state index in [9.17, 15) is 4.79 Å². The summed E-state index contributed by atoms with van der Waals surface area (Å²) in [7, 11) is 0. The Kier molecular flexibility index (Phi) is 3.39. The second-order valence-electron chi connectivity index (χ2n) is 4.15. The number of aryl methyl sites for hydroxylation is 1. The third-order valence-electron chi connectivity index (χ3n) is 2.80. The molecule has 0 spiro atoms. The van der Waals surface area contributed by atoms with Gasteiger partial charge in [0.25, 0.3) is 0 Å². The van der Waals surface area contributed by atoms with Gasteiger partial charge in [0.2, 0.25) is 0 Å². The van der Waals surface area contributed by atoms with Crippen LogP contribution in [0.25, 0.3) is 0 Å². The number of carboxylic acid groups (broad SMARTS) is 1. The zero-order valence-electron chi connectivity index (χ0n) is 10.1. The summed E-state index contributed by atoms with van der Waals surface area (Å²) in [5, 5.41) is 13.9. The maximum atomic E-state index is 10.9. The lowest BCUT2D eigenvalue weighted by Crippen LogP contribution is -2.05. The maximum Gasteiger partial charge on any atom is 0.335 e. The van der Waals surface area contributed by atoms with E-state index in [4.69, 9.17) is 16.7 Å². The third-order valence-corrected chi connectivity index (χ3v) is 3.35. The summed E-state index contributed by atoms with van der Waals surface area (Å²) in [6, 6.07) is 6.82. The minimum absolute atomic E-state index is 0.278. The predicted octanol–water partition coefficient (Wildman–Crippen LogP) is 2.90. The van der Waals surface area contributed by atoms with Gasteiger partial charge in [-0.1, -0.05) is 23.7 Å². The van der Waals surface area contributed by atoms with Crippen molar-refractivity contribution < 1.29 is 9.90 Å². The number of carbonyl (C=O) groups is 1. The molecule has 1 N–H and O–H groups in total. The van der Waals surface area contributed by atoms with E-state index in [0.29, 0.717) is 11.6 Å². The van der Waals surface area contributed by atoms with Gasteiger partial charge in [-0.3, -0.25) is 4.68 Å². The predicted molar refractivity (Wildman–Crippen MR) is 69.2 cm³/mol. The topological polar surface area (TPSA) is 55.1 Å². The van der Waals surface area contributed by atoms with Crippen LogP contribution in [0.4, 0.5) is 0 Å².